The molecule has 5 heteroatoms. The van der Waals surface area contributed by atoms with E-state index in [4.69, 9.17) is 0 Å². The fourth-order valence-corrected chi connectivity index (χ4v) is 2.44. The highest BCUT2D eigenvalue weighted by Crippen LogP contribution is 2.08. The standard InChI is InChI=1S/C18H18FN3O/c1-13-7-9-22-12-16(21-17(22)10-13)6-8-20-18(23)11-14-2-4-15(19)5-3-14/h2-5,7,9-10,12H,6,8,11H2,1H3,(H,20,23). The Morgan fingerprint density at radius 1 is 1.26 bits per heavy atom. The van der Waals surface area contributed by atoms with E-state index in [1.165, 1.54) is 17.7 Å². The average molecular weight is 311 g/mol. The molecule has 0 aliphatic rings. The van der Waals surface area contributed by atoms with Crippen molar-refractivity contribution in [2.45, 2.75) is 19.8 Å². The molecule has 1 amide bonds. The summed E-state index contributed by atoms with van der Waals surface area (Å²) < 4.78 is 14.8. The number of imidazole rings is 1. The van der Waals surface area contributed by atoms with Crippen molar-refractivity contribution in [1.29, 1.82) is 0 Å². The molecule has 0 radical (unpaired) electrons. The molecule has 1 N–H and O–H groups in total. The number of aryl methyl sites for hydroxylation is 1. The van der Waals surface area contributed by atoms with E-state index >= 15 is 0 Å². The molecule has 1 aromatic carbocycles. The molecule has 118 valence electrons. The van der Waals surface area contributed by atoms with Gasteiger partial charge in [0.2, 0.25) is 5.91 Å². The Morgan fingerprint density at radius 3 is 2.83 bits per heavy atom. The fourth-order valence-electron chi connectivity index (χ4n) is 2.44. The number of rotatable bonds is 5. The second-order valence-electron chi connectivity index (χ2n) is 5.60. The number of halogens is 1. The van der Waals surface area contributed by atoms with Crippen LogP contribution >= 0.6 is 0 Å². The van der Waals surface area contributed by atoms with Crippen molar-refractivity contribution >= 4 is 11.6 Å². The van der Waals surface area contributed by atoms with Crippen molar-refractivity contribution in [1.82, 2.24) is 14.7 Å². The normalized spacial score (nSPS) is 10.9. The molecule has 0 saturated heterocycles. The van der Waals surface area contributed by atoms with E-state index in [1.54, 1.807) is 12.1 Å². The number of benzene rings is 1. The summed E-state index contributed by atoms with van der Waals surface area (Å²) in [5.74, 6) is -0.368. The second-order valence-corrected chi connectivity index (χ2v) is 5.60. The Hall–Kier alpha value is -2.69. The van der Waals surface area contributed by atoms with Gasteiger partial charge in [0.05, 0.1) is 12.1 Å². The first-order valence-electron chi connectivity index (χ1n) is 7.55. The summed E-state index contributed by atoms with van der Waals surface area (Å²) in [6, 6.07) is 10.0. The third-order valence-electron chi connectivity index (χ3n) is 3.65. The van der Waals surface area contributed by atoms with Crippen LogP contribution in [-0.2, 0) is 17.6 Å². The van der Waals surface area contributed by atoms with E-state index in [2.05, 4.69) is 10.3 Å². The van der Waals surface area contributed by atoms with Crippen molar-refractivity contribution in [3.8, 4) is 0 Å². The number of nitrogens with one attached hydrogen (secondary N) is 1. The highest BCUT2D eigenvalue weighted by atomic mass is 19.1. The van der Waals surface area contributed by atoms with Gasteiger partial charge in [-0.2, -0.15) is 0 Å². The van der Waals surface area contributed by atoms with Crippen LogP contribution in [0.3, 0.4) is 0 Å². The molecule has 4 nitrogen and oxygen atoms in total. The molecule has 0 bridgehead atoms. The molecule has 2 heterocycles. The molecule has 0 atom stereocenters. The van der Waals surface area contributed by atoms with Gasteiger partial charge in [-0.25, -0.2) is 9.37 Å². The van der Waals surface area contributed by atoms with Crippen LogP contribution in [0.5, 0.6) is 0 Å². The monoisotopic (exact) mass is 311 g/mol. The summed E-state index contributed by atoms with van der Waals surface area (Å²) in [6.07, 6.45) is 4.88. The van der Waals surface area contributed by atoms with Gasteiger partial charge in [0.15, 0.2) is 0 Å². The van der Waals surface area contributed by atoms with Gasteiger partial charge in [0.1, 0.15) is 11.5 Å². The molecular formula is C18H18FN3O. The van der Waals surface area contributed by atoms with Gasteiger partial charge in [-0.3, -0.25) is 4.79 Å². The number of carbonyl (C=O) groups is 1. The highest BCUT2D eigenvalue weighted by molar-refractivity contribution is 5.78. The molecular weight excluding hydrogens is 293 g/mol. The van der Waals surface area contributed by atoms with Crippen LogP contribution in [-0.4, -0.2) is 21.8 Å². The fraction of sp³-hybridized carbons (Fsp3) is 0.222. The summed E-state index contributed by atoms with van der Waals surface area (Å²) in [6.45, 7) is 2.56. The van der Waals surface area contributed by atoms with Gasteiger partial charge in [0, 0.05) is 25.4 Å². The molecule has 3 rings (SSSR count). The lowest BCUT2D eigenvalue weighted by Crippen LogP contribution is -2.27. The zero-order valence-corrected chi connectivity index (χ0v) is 12.9. The molecule has 0 aliphatic heterocycles. The lowest BCUT2D eigenvalue weighted by Gasteiger charge is -2.04. The van der Waals surface area contributed by atoms with Crippen molar-refractivity contribution in [2.24, 2.45) is 0 Å². The number of pyridine rings is 1. The molecule has 0 unspecified atom stereocenters. The Balaban J connectivity index is 1.51. The van der Waals surface area contributed by atoms with Crippen molar-refractivity contribution < 1.29 is 9.18 Å². The topological polar surface area (TPSA) is 46.4 Å². The van der Waals surface area contributed by atoms with Gasteiger partial charge in [-0.15, -0.1) is 0 Å². The predicted octanol–water partition coefficient (Wildman–Crippen LogP) is 2.68. The quantitative estimate of drug-likeness (QED) is 0.787. The smallest absolute Gasteiger partial charge is 0.224 e. The minimum Gasteiger partial charge on any atom is -0.355 e. The molecule has 0 saturated carbocycles. The molecule has 0 spiro atoms. The van der Waals surface area contributed by atoms with Gasteiger partial charge in [0.25, 0.3) is 0 Å². The second kappa shape index (κ2) is 6.60. The Labute approximate surface area is 134 Å². The number of carbonyl (C=O) groups excluding carboxylic acids is 1. The van der Waals surface area contributed by atoms with Crippen LogP contribution in [0.1, 0.15) is 16.8 Å². The zero-order chi connectivity index (χ0) is 16.2. The average Bonchev–Trinajstić information content (AvgIpc) is 2.91. The molecule has 23 heavy (non-hydrogen) atoms. The summed E-state index contributed by atoms with van der Waals surface area (Å²) in [5, 5.41) is 2.87. The third kappa shape index (κ3) is 3.94. The van der Waals surface area contributed by atoms with Gasteiger partial charge in [-0.05, 0) is 42.3 Å². The van der Waals surface area contributed by atoms with E-state index in [-0.39, 0.29) is 18.1 Å². The van der Waals surface area contributed by atoms with Crippen LogP contribution in [0.25, 0.3) is 5.65 Å². The molecule has 0 aliphatic carbocycles. The largest absolute Gasteiger partial charge is 0.355 e. The first-order chi connectivity index (χ1) is 11.1. The third-order valence-corrected chi connectivity index (χ3v) is 3.65. The Kier molecular flexibility index (Phi) is 4.37. The SMILES string of the molecule is Cc1ccn2cc(CCNC(=O)Cc3ccc(F)cc3)nc2c1. The number of fused-ring (bicyclic) bond motifs is 1. The summed E-state index contributed by atoms with van der Waals surface area (Å²) in [4.78, 5) is 16.4. The first kappa shape index (κ1) is 15.2. The molecule has 2 aromatic heterocycles. The maximum atomic E-state index is 12.8. The van der Waals surface area contributed by atoms with Gasteiger partial charge in [-0.1, -0.05) is 12.1 Å². The van der Waals surface area contributed by atoms with E-state index in [0.29, 0.717) is 13.0 Å². The van der Waals surface area contributed by atoms with Crippen LogP contribution < -0.4 is 5.32 Å². The molecule has 3 aromatic rings. The lowest BCUT2D eigenvalue weighted by atomic mass is 10.1. The van der Waals surface area contributed by atoms with Crippen molar-refractivity contribution in [2.75, 3.05) is 6.54 Å². The maximum Gasteiger partial charge on any atom is 0.224 e. The predicted molar refractivity (Wildman–Crippen MR) is 86.7 cm³/mol. The number of nitrogens with zero attached hydrogens (tertiary/aromatic N) is 2. The van der Waals surface area contributed by atoms with Gasteiger partial charge >= 0.3 is 0 Å². The number of amides is 1. The number of hydrogen-bond donors (Lipinski definition) is 1. The Morgan fingerprint density at radius 2 is 2.04 bits per heavy atom. The first-order valence-corrected chi connectivity index (χ1v) is 7.55. The zero-order valence-electron chi connectivity index (χ0n) is 12.9. The van der Waals surface area contributed by atoms with Crippen molar-refractivity contribution in [3.63, 3.8) is 0 Å². The van der Waals surface area contributed by atoms with E-state index in [9.17, 15) is 9.18 Å². The summed E-state index contributed by atoms with van der Waals surface area (Å²) >= 11 is 0. The van der Waals surface area contributed by atoms with Crippen LogP contribution in [0.15, 0.2) is 48.8 Å². The minimum atomic E-state index is -0.295. The van der Waals surface area contributed by atoms with E-state index < -0.39 is 0 Å². The Bertz CT molecular complexity index is 824. The highest BCUT2D eigenvalue weighted by Gasteiger charge is 2.05. The molecule has 0 fully saturated rings. The minimum absolute atomic E-state index is 0.0729. The maximum absolute atomic E-state index is 12.8. The number of hydrogen-bond acceptors (Lipinski definition) is 2. The lowest BCUT2D eigenvalue weighted by molar-refractivity contribution is -0.120. The van der Waals surface area contributed by atoms with E-state index in [0.717, 1.165) is 16.9 Å². The van der Waals surface area contributed by atoms with Crippen LogP contribution in [0.2, 0.25) is 0 Å². The van der Waals surface area contributed by atoms with E-state index in [1.807, 2.05) is 35.9 Å². The summed E-state index contributed by atoms with van der Waals surface area (Å²) in [7, 11) is 0. The number of aromatic nitrogens is 2. The van der Waals surface area contributed by atoms with Crippen molar-refractivity contribution in [3.05, 3.63) is 71.4 Å². The van der Waals surface area contributed by atoms with Crippen LogP contribution in [0, 0.1) is 12.7 Å². The van der Waals surface area contributed by atoms with Crippen LogP contribution in [0.4, 0.5) is 4.39 Å². The van der Waals surface area contributed by atoms with Gasteiger partial charge < -0.3 is 9.72 Å². The summed E-state index contributed by atoms with van der Waals surface area (Å²) in [5.41, 5.74) is 3.82.